The van der Waals surface area contributed by atoms with Gasteiger partial charge in [0, 0.05) is 20.1 Å². The number of hydrogen-bond acceptors (Lipinski definition) is 3. The summed E-state index contributed by atoms with van der Waals surface area (Å²) >= 11 is 6.22. The van der Waals surface area contributed by atoms with E-state index in [1.165, 1.54) is 64.4 Å². The zero-order chi connectivity index (χ0) is 18.6. The van der Waals surface area contributed by atoms with Crippen LogP contribution in [0.2, 0.25) is 5.02 Å². The highest BCUT2D eigenvalue weighted by atomic mass is 35.5. The molecule has 4 bridgehead atoms. The molecule has 26 heavy (non-hydrogen) atoms. The van der Waals surface area contributed by atoms with Crippen molar-refractivity contribution >= 4 is 27.5 Å². The average Bonchev–Trinajstić information content (AvgIpc) is 2.57. The number of rotatable bonds is 4. The molecule has 4 aliphatic carbocycles. The van der Waals surface area contributed by atoms with E-state index in [-0.39, 0.29) is 27.4 Å². The third-order valence-electron chi connectivity index (χ3n) is 6.49. The summed E-state index contributed by atoms with van der Waals surface area (Å²) in [6.07, 6.45) is 6.20. The van der Waals surface area contributed by atoms with Crippen molar-refractivity contribution in [3.63, 3.8) is 0 Å². The second kappa shape index (κ2) is 6.50. The van der Waals surface area contributed by atoms with E-state index in [0.29, 0.717) is 11.8 Å². The quantitative estimate of drug-likeness (QED) is 0.850. The fraction of sp³-hybridized carbons (Fsp3) is 0.632. The van der Waals surface area contributed by atoms with E-state index < -0.39 is 10.0 Å². The van der Waals surface area contributed by atoms with Gasteiger partial charge in [0.05, 0.1) is 15.5 Å². The Morgan fingerprint density at radius 1 is 1.08 bits per heavy atom. The van der Waals surface area contributed by atoms with Gasteiger partial charge in [-0.15, -0.1) is 0 Å². The Bertz CT molecular complexity index is 809. The lowest BCUT2D eigenvalue weighted by Gasteiger charge is -2.54. The van der Waals surface area contributed by atoms with Crippen LogP contribution in [0.5, 0.6) is 0 Å². The van der Waals surface area contributed by atoms with Crippen molar-refractivity contribution in [2.45, 2.75) is 43.0 Å². The Kier molecular flexibility index (Phi) is 4.56. The van der Waals surface area contributed by atoms with E-state index in [4.69, 9.17) is 11.6 Å². The number of carbonyl (C=O) groups excluding carboxylic acids is 1. The fourth-order valence-electron chi connectivity index (χ4n) is 5.44. The van der Waals surface area contributed by atoms with E-state index in [2.05, 4.69) is 5.32 Å². The second-order valence-electron chi connectivity index (χ2n) is 8.36. The predicted octanol–water partition coefficient (Wildman–Crippen LogP) is 3.14. The summed E-state index contributed by atoms with van der Waals surface area (Å²) in [7, 11) is -0.664. The molecule has 1 amide bonds. The molecular weight excluding hydrogens is 372 g/mol. The van der Waals surface area contributed by atoms with Crippen LogP contribution in [0.1, 0.15) is 42.5 Å². The van der Waals surface area contributed by atoms with Crippen LogP contribution in [0.4, 0.5) is 0 Å². The van der Waals surface area contributed by atoms with Crippen LogP contribution >= 0.6 is 11.6 Å². The number of hydrogen-bond donors (Lipinski definition) is 1. The van der Waals surface area contributed by atoms with Crippen LogP contribution in [0.25, 0.3) is 0 Å². The van der Waals surface area contributed by atoms with Gasteiger partial charge >= 0.3 is 0 Å². The molecule has 1 N–H and O–H groups in total. The molecule has 0 heterocycles. The highest BCUT2D eigenvalue weighted by molar-refractivity contribution is 7.89. The van der Waals surface area contributed by atoms with Crippen LogP contribution in [0, 0.1) is 23.7 Å². The number of nitrogens with one attached hydrogen (secondary N) is 1. The van der Waals surface area contributed by atoms with Gasteiger partial charge in [-0.05, 0) is 74.0 Å². The minimum Gasteiger partial charge on any atom is -0.349 e. The molecule has 0 spiro atoms. The lowest BCUT2D eigenvalue weighted by atomic mass is 9.54. The zero-order valence-electron chi connectivity index (χ0n) is 15.1. The van der Waals surface area contributed by atoms with Gasteiger partial charge in [-0.25, -0.2) is 12.7 Å². The molecule has 5 nitrogen and oxygen atoms in total. The lowest BCUT2D eigenvalue weighted by Crippen LogP contribution is -2.55. The highest BCUT2D eigenvalue weighted by Crippen LogP contribution is 2.53. The van der Waals surface area contributed by atoms with E-state index in [0.717, 1.165) is 16.1 Å². The monoisotopic (exact) mass is 396 g/mol. The molecule has 7 heteroatoms. The molecule has 142 valence electrons. The van der Waals surface area contributed by atoms with Crippen molar-refractivity contribution in [3.8, 4) is 0 Å². The smallest absolute Gasteiger partial charge is 0.253 e. The molecule has 0 aromatic heterocycles. The fourth-order valence-corrected chi connectivity index (χ4v) is 6.57. The summed E-state index contributed by atoms with van der Waals surface area (Å²) in [6, 6.07) is 4.52. The number of amides is 1. The molecule has 0 unspecified atom stereocenters. The standard InChI is InChI=1S/C19H25ClN2O3S/c1-22(2)26(24,25)15-3-4-17(20)16(10-15)19(23)21-18-13-6-11-5-12(8-13)9-14(18)7-11/h3-4,10-14,18H,5-9H2,1-2H3,(H,21,23). The Morgan fingerprint density at radius 3 is 2.19 bits per heavy atom. The minimum absolute atomic E-state index is 0.0853. The summed E-state index contributed by atoms with van der Waals surface area (Å²) < 4.78 is 25.9. The predicted molar refractivity (Wildman–Crippen MR) is 101 cm³/mol. The molecule has 4 saturated carbocycles. The molecule has 4 aliphatic rings. The van der Waals surface area contributed by atoms with Crippen molar-refractivity contribution in [1.82, 2.24) is 9.62 Å². The molecule has 0 atom stereocenters. The van der Waals surface area contributed by atoms with E-state index in [1.54, 1.807) is 0 Å². The lowest BCUT2D eigenvalue weighted by molar-refractivity contribution is -0.0119. The third kappa shape index (κ3) is 3.06. The first kappa shape index (κ1) is 18.3. The van der Waals surface area contributed by atoms with Gasteiger partial charge < -0.3 is 5.32 Å². The molecule has 0 saturated heterocycles. The molecule has 0 aliphatic heterocycles. The maximum Gasteiger partial charge on any atom is 0.253 e. The van der Waals surface area contributed by atoms with Gasteiger partial charge in [0.1, 0.15) is 0 Å². The SMILES string of the molecule is CN(C)S(=O)(=O)c1ccc(Cl)c(C(=O)NC2C3CC4CC(C3)CC2C4)c1. The number of nitrogens with zero attached hydrogens (tertiary/aromatic N) is 1. The van der Waals surface area contributed by atoms with Crippen molar-refractivity contribution in [2.75, 3.05) is 14.1 Å². The van der Waals surface area contributed by atoms with Crippen molar-refractivity contribution in [2.24, 2.45) is 23.7 Å². The van der Waals surface area contributed by atoms with Gasteiger partial charge in [0.15, 0.2) is 0 Å². The van der Waals surface area contributed by atoms with Gasteiger partial charge in [-0.1, -0.05) is 11.6 Å². The Hall–Kier alpha value is -1.11. The molecular formula is C19H25ClN2O3S. The summed E-state index contributed by atoms with van der Waals surface area (Å²) in [5.74, 6) is 2.53. The number of benzene rings is 1. The van der Waals surface area contributed by atoms with Crippen molar-refractivity contribution in [3.05, 3.63) is 28.8 Å². The number of halogens is 1. The summed E-state index contributed by atoms with van der Waals surface area (Å²) in [6.45, 7) is 0. The van der Waals surface area contributed by atoms with Gasteiger partial charge in [-0.3, -0.25) is 4.79 Å². The van der Waals surface area contributed by atoms with Crippen LogP contribution in [-0.4, -0.2) is 38.8 Å². The second-order valence-corrected chi connectivity index (χ2v) is 10.9. The molecule has 0 radical (unpaired) electrons. The third-order valence-corrected chi connectivity index (χ3v) is 8.63. The topological polar surface area (TPSA) is 66.5 Å². The first-order valence-corrected chi connectivity index (χ1v) is 11.1. The Morgan fingerprint density at radius 2 is 1.65 bits per heavy atom. The largest absolute Gasteiger partial charge is 0.349 e. The minimum atomic E-state index is -3.60. The van der Waals surface area contributed by atoms with E-state index >= 15 is 0 Å². The molecule has 1 aromatic rings. The van der Waals surface area contributed by atoms with Gasteiger partial charge in [-0.2, -0.15) is 0 Å². The summed E-state index contributed by atoms with van der Waals surface area (Å²) in [4.78, 5) is 13.0. The number of sulfonamides is 1. The van der Waals surface area contributed by atoms with Crippen molar-refractivity contribution in [1.29, 1.82) is 0 Å². The summed E-state index contributed by atoms with van der Waals surface area (Å²) in [5, 5.41) is 3.48. The first-order valence-electron chi connectivity index (χ1n) is 9.28. The molecule has 1 aromatic carbocycles. The van der Waals surface area contributed by atoms with E-state index in [9.17, 15) is 13.2 Å². The van der Waals surface area contributed by atoms with Crippen LogP contribution < -0.4 is 5.32 Å². The Balaban J connectivity index is 1.57. The van der Waals surface area contributed by atoms with Crippen LogP contribution in [-0.2, 0) is 10.0 Å². The van der Waals surface area contributed by atoms with Crippen molar-refractivity contribution < 1.29 is 13.2 Å². The normalized spacial score (nSPS) is 32.8. The van der Waals surface area contributed by atoms with Gasteiger partial charge in [0.25, 0.3) is 5.91 Å². The number of carbonyl (C=O) groups is 1. The first-order chi connectivity index (χ1) is 12.3. The highest BCUT2D eigenvalue weighted by Gasteiger charge is 2.48. The molecule has 4 fully saturated rings. The Labute approximate surface area is 160 Å². The summed E-state index contributed by atoms with van der Waals surface area (Å²) in [5.41, 5.74) is 0.239. The maximum absolute atomic E-state index is 12.9. The van der Waals surface area contributed by atoms with Gasteiger partial charge in [0.2, 0.25) is 10.0 Å². The maximum atomic E-state index is 12.9. The zero-order valence-corrected chi connectivity index (χ0v) is 16.7. The molecule has 5 rings (SSSR count). The average molecular weight is 397 g/mol. The van der Waals surface area contributed by atoms with E-state index in [1.807, 2.05) is 0 Å². The van der Waals surface area contributed by atoms with Crippen LogP contribution in [0.15, 0.2) is 23.1 Å². The van der Waals surface area contributed by atoms with Crippen LogP contribution in [0.3, 0.4) is 0 Å².